The van der Waals surface area contributed by atoms with Gasteiger partial charge < -0.3 is 19.3 Å². The smallest absolute Gasteiger partial charge is 0.265 e. The quantitative estimate of drug-likeness (QED) is 0.706. The van der Waals surface area contributed by atoms with Gasteiger partial charge in [-0.2, -0.15) is 0 Å². The molecule has 2 aromatic carbocycles. The number of benzene rings is 2. The van der Waals surface area contributed by atoms with E-state index in [2.05, 4.69) is 0 Å². The van der Waals surface area contributed by atoms with E-state index < -0.39 is 0 Å². The van der Waals surface area contributed by atoms with E-state index in [0.717, 1.165) is 43.9 Å². The SMILES string of the molecule is O=C(CCN1C(=O)COc2ccccc21)N(Cc1ccccc1)CC1CCOCC1. The Morgan fingerprint density at radius 1 is 1.03 bits per heavy atom. The first-order valence-electron chi connectivity index (χ1n) is 10.6. The maximum absolute atomic E-state index is 13.2. The summed E-state index contributed by atoms with van der Waals surface area (Å²) in [5.41, 5.74) is 1.85. The molecule has 0 unspecified atom stereocenters. The minimum Gasteiger partial charge on any atom is -0.482 e. The Morgan fingerprint density at radius 3 is 2.57 bits per heavy atom. The molecule has 0 aromatic heterocycles. The van der Waals surface area contributed by atoms with Gasteiger partial charge in [-0.1, -0.05) is 42.5 Å². The molecular weight excluding hydrogens is 380 g/mol. The Morgan fingerprint density at radius 2 is 1.77 bits per heavy atom. The number of carbonyl (C=O) groups is 2. The summed E-state index contributed by atoms with van der Waals surface area (Å²) in [7, 11) is 0. The molecule has 1 fully saturated rings. The number of fused-ring (bicyclic) bond motifs is 1. The summed E-state index contributed by atoms with van der Waals surface area (Å²) in [5.74, 6) is 1.10. The van der Waals surface area contributed by atoms with Crippen LogP contribution < -0.4 is 9.64 Å². The normalized spacial score (nSPS) is 16.7. The van der Waals surface area contributed by atoms with E-state index >= 15 is 0 Å². The summed E-state index contributed by atoms with van der Waals surface area (Å²) in [6, 6.07) is 17.5. The van der Waals surface area contributed by atoms with Crippen molar-refractivity contribution in [3.05, 3.63) is 60.2 Å². The second kappa shape index (κ2) is 9.76. The minimum atomic E-state index is -0.111. The molecule has 0 atom stereocenters. The molecule has 2 amide bonds. The highest BCUT2D eigenvalue weighted by Gasteiger charge is 2.27. The first-order valence-corrected chi connectivity index (χ1v) is 10.6. The third kappa shape index (κ3) is 5.00. The zero-order valence-electron chi connectivity index (χ0n) is 17.2. The van der Waals surface area contributed by atoms with Crippen LogP contribution >= 0.6 is 0 Å². The molecule has 2 heterocycles. The first kappa shape index (κ1) is 20.4. The summed E-state index contributed by atoms with van der Waals surface area (Å²) in [6.45, 7) is 3.21. The van der Waals surface area contributed by atoms with E-state index in [1.54, 1.807) is 4.90 Å². The summed E-state index contributed by atoms with van der Waals surface area (Å²) in [6.07, 6.45) is 2.25. The predicted octanol–water partition coefficient (Wildman–Crippen LogP) is 3.26. The van der Waals surface area contributed by atoms with Gasteiger partial charge in [-0.25, -0.2) is 0 Å². The monoisotopic (exact) mass is 408 g/mol. The van der Waals surface area contributed by atoms with Crippen LogP contribution in [0.5, 0.6) is 5.75 Å². The molecule has 0 spiro atoms. The van der Waals surface area contributed by atoms with Crippen LogP contribution in [0.1, 0.15) is 24.8 Å². The van der Waals surface area contributed by atoms with Crippen molar-refractivity contribution in [1.29, 1.82) is 0 Å². The molecule has 6 nitrogen and oxygen atoms in total. The second-order valence-electron chi connectivity index (χ2n) is 7.87. The Balaban J connectivity index is 1.44. The predicted molar refractivity (Wildman–Crippen MR) is 114 cm³/mol. The van der Waals surface area contributed by atoms with Crippen molar-refractivity contribution in [2.75, 3.05) is 37.8 Å². The summed E-state index contributed by atoms with van der Waals surface area (Å²) >= 11 is 0. The van der Waals surface area contributed by atoms with E-state index in [4.69, 9.17) is 9.47 Å². The van der Waals surface area contributed by atoms with Crippen molar-refractivity contribution < 1.29 is 19.1 Å². The van der Waals surface area contributed by atoms with E-state index in [1.807, 2.05) is 59.5 Å². The lowest BCUT2D eigenvalue weighted by Crippen LogP contribution is -2.42. The highest BCUT2D eigenvalue weighted by atomic mass is 16.5. The van der Waals surface area contributed by atoms with Crippen molar-refractivity contribution in [2.24, 2.45) is 5.92 Å². The zero-order valence-corrected chi connectivity index (χ0v) is 17.2. The van der Waals surface area contributed by atoms with Gasteiger partial charge >= 0.3 is 0 Å². The van der Waals surface area contributed by atoms with Crippen LogP contribution in [-0.2, 0) is 20.9 Å². The van der Waals surface area contributed by atoms with Crippen molar-refractivity contribution >= 4 is 17.5 Å². The lowest BCUT2D eigenvalue weighted by Gasteiger charge is -2.32. The van der Waals surface area contributed by atoms with Crippen LogP contribution in [0.15, 0.2) is 54.6 Å². The number of nitrogens with zero attached hydrogens (tertiary/aromatic N) is 2. The zero-order chi connectivity index (χ0) is 20.8. The first-order chi connectivity index (χ1) is 14.7. The topological polar surface area (TPSA) is 59.1 Å². The van der Waals surface area contributed by atoms with Gasteiger partial charge in [-0.3, -0.25) is 9.59 Å². The van der Waals surface area contributed by atoms with Crippen molar-refractivity contribution in [2.45, 2.75) is 25.8 Å². The molecule has 4 rings (SSSR count). The fourth-order valence-electron chi connectivity index (χ4n) is 4.06. The third-order valence-corrected chi connectivity index (χ3v) is 5.75. The molecule has 2 aliphatic heterocycles. The Kier molecular flexibility index (Phi) is 6.64. The van der Waals surface area contributed by atoms with Crippen molar-refractivity contribution in [1.82, 2.24) is 4.90 Å². The van der Waals surface area contributed by atoms with Gasteiger partial charge in [-0.15, -0.1) is 0 Å². The number of ether oxygens (including phenoxy) is 2. The van der Waals surface area contributed by atoms with Crippen molar-refractivity contribution in [3.8, 4) is 5.75 Å². The van der Waals surface area contributed by atoms with E-state index in [-0.39, 0.29) is 24.8 Å². The lowest BCUT2D eigenvalue weighted by atomic mass is 9.99. The molecule has 2 aromatic rings. The Hall–Kier alpha value is -2.86. The van der Waals surface area contributed by atoms with Crippen LogP contribution in [-0.4, -0.2) is 49.6 Å². The standard InChI is InChI=1S/C24H28N2O4/c27-23(10-13-26-21-8-4-5-9-22(21)30-18-24(26)28)25(16-19-6-2-1-3-7-19)17-20-11-14-29-15-12-20/h1-9,20H,10-18H2. The number of amides is 2. The highest BCUT2D eigenvalue weighted by Crippen LogP contribution is 2.31. The van der Waals surface area contributed by atoms with Gasteiger partial charge in [0.2, 0.25) is 5.91 Å². The molecule has 0 saturated carbocycles. The molecule has 0 N–H and O–H groups in total. The Bertz CT molecular complexity index is 865. The van der Waals surface area contributed by atoms with Crippen LogP contribution in [0.25, 0.3) is 0 Å². The summed E-state index contributed by atoms with van der Waals surface area (Å²) in [5, 5.41) is 0. The fourth-order valence-corrected chi connectivity index (χ4v) is 4.06. The molecule has 158 valence electrons. The number of carbonyl (C=O) groups excluding carboxylic acids is 2. The fraction of sp³-hybridized carbons (Fsp3) is 0.417. The van der Waals surface area contributed by atoms with Crippen LogP contribution in [0, 0.1) is 5.92 Å². The average molecular weight is 408 g/mol. The second-order valence-corrected chi connectivity index (χ2v) is 7.87. The molecule has 6 heteroatoms. The van der Waals surface area contributed by atoms with Gasteiger partial charge in [0.15, 0.2) is 6.61 Å². The van der Waals surface area contributed by atoms with Crippen molar-refractivity contribution in [3.63, 3.8) is 0 Å². The molecule has 0 bridgehead atoms. The maximum atomic E-state index is 13.2. The number of hydrogen-bond acceptors (Lipinski definition) is 4. The van der Waals surface area contributed by atoms with Gasteiger partial charge in [0.1, 0.15) is 5.75 Å². The van der Waals surface area contributed by atoms with Gasteiger partial charge in [0.05, 0.1) is 5.69 Å². The van der Waals surface area contributed by atoms with Gasteiger partial charge in [0, 0.05) is 39.3 Å². The maximum Gasteiger partial charge on any atom is 0.265 e. The van der Waals surface area contributed by atoms with E-state index in [0.29, 0.717) is 24.8 Å². The van der Waals surface area contributed by atoms with Crippen LogP contribution in [0.3, 0.4) is 0 Å². The number of para-hydroxylation sites is 2. The van der Waals surface area contributed by atoms with Gasteiger partial charge in [0.25, 0.3) is 5.91 Å². The summed E-state index contributed by atoms with van der Waals surface area (Å²) < 4.78 is 11.0. The van der Waals surface area contributed by atoms with Gasteiger partial charge in [-0.05, 0) is 36.5 Å². The number of anilines is 1. The van der Waals surface area contributed by atoms with E-state index in [1.165, 1.54) is 0 Å². The molecule has 0 aliphatic carbocycles. The molecule has 1 saturated heterocycles. The molecule has 2 aliphatic rings. The Labute approximate surface area is 177 Å². The molecule has 30 heavy (non-hydrogen) atoms. The average Bonchev–Trinajstić information content (AvgIpc) is 2.79. The van der Waals surface area contributed by atoms with Crippen LogP contribution in [0.2, 0.25) is 0 Å². The highest BCUT2D eigenvalue weighted by molar-refractivity contribution is 5.98. The van der Waals surface area contributed by atoms with Crippen LogP contribution in [0.4, 0.5) is 5.69 Å². The molecular formula is C24H28N2O4. The number of hydrogen-bond donors (Lipinski definition) is 0. The third-order valence-electron chi connectivity index (χ3n) is 5.75. The number of rotatable bonds is 7. The molecule has 0 radical (unpaired) electrons. The summed E-state index contributed by atoms with van der Waals surface area (Å²) in [4.78, 5) is 29.2. The minimum absolute atomic E-state index is 0.0149. The lowest BCUT2D eigenvalue weighted by molar-refractivity contribution is -0.132. The largest absolute Gasteiger partial charge is 0.482 e. The van der Waals surface area contributed by atoms with E-state index in [9.17, 15) is 9.59 Å².